The van der Waals surface area contributed by atoms with E-state index in [0.717, 1.165) is 112 Å². The van der Waals surface area contributed by atoms with Gasteiger partial charge >= 0.3 is 0 Å². The van der Waals surface area contributed by atoms with E-state index < -0.39 is 0 Å². The Morgan fingerprint density at radius 1 is 0.389 bits per heavy atom. The van der Waals surface area contributed by atoms with Crippen molar-refractivity contribution in [1.82, 2.24) is 44.4 Å². The van der Waals surface area contributed by atoms with E-state index in [0.29, 0.717) is 32.5 Å². The van der Waals surface area contributed by atoms with Crippen LogP contribution >= 0.6 is 34.8 Å². The lowest BCUT2D eigenvalue weighted by atomic mass is 10.0. The van der Waals surface area contributed by atoms with Crippen LogP contribution in [0.15, 0.2) is 91.4 Å². The molecule has 3 aliphatic heterocycles. The summed E-state index contributed by atoms with van der Waals surface area (Å²) in [7, 11) is 6.51. The van der Waals surface area contributed by atoms with Crippen LogP contribution in [0.3, 0.4) is 0 Å². The van der Waals surface area contributed by atoms with Gasteiger partial charge in [-0.25, -0.2) is 15.0 Å². The molecule has 3 saturated heterocycles. The van der Waals surface area contributed by atoms with Gasteiger partial charge in [0.2, 0.25) is 0 Å². The number of nitrogens with zero attached hydrogens (tertiary/aromatic N) is 9. The molecule has 9 nitrogen and oxygen atoms in total. The van der Waals surface area contributed by atoms with E-state index in [4.69, 9.17) is 49.8 Å². The molecule has 3 aromatic carbocycles. The van der Waals surface area contributed by atoms with Gasteiger partial charge in [-0.1, -0.05) is 71.2 Å². The molecule has 7 rings (SSSR count). The summed E-state index contributed by atoms with van der Waals surface area (Å²) >= 11 is 19.3. The summed E-state index contributed by atoms with van der Waals surface area (Å²) in [6, 6.07) is 23.9. The van der Waals surface area contributed by atoms with Gasteiger partial charge in [-0.15, -0.1) is 0 Å². The Balaban J connectivity index is 1.46. The van der Waals surface area contributed by atoms with Gasteiger partial charge in [-0.05, 0) is 74.2 Å². The Labute approximate surface area is 334 Å². The fourth-order valence-corrected chi connectivity index (χ4v) is 7.19. The van der Waals surface area contributed by atoms with E-state index in [2.05, 4.69) is 69.1 Å². The average molecular weight is 785 g/mol. The van der Waals surface area contributed by atoms with Gasteiger partial charge in [-0.2, -0.15) is 0 Å². The van der Waals surface area contributed by atoms with E-state index in [1.54, 1.807) is 0 Å². The van der Waals surface area contributed by atoms with Crippen molar-refractivity contribution in [1.29, 1.82) is 0 Å². The van der Waals surface area contributed by atoms with Crippen molar-refractivity contribution in [3.8, 4) is 0 Å². The molecule has 0 atom stereocenters. The lowest BCUT2D eigenvalue weighted by Crippen LogP contribution is -2.42. The summed E-state index contributed by atoms with van der Waals surface area (Å²) in [6.07, 6.45) is 6.66. The molecule has 0 spiro atoms. The minimum atomic E-state index is 0.590. The summed E-state index contributed by atoms with van der Waals surface area (Å²) in [5, 5.41) is 2.03. The van der Waals surface area contributed by atoms with E-state index in [-0.39, 0.29) is 0 Å². The number of hydrogen-bond acceptors (Lipinski definition) is 9. The molecule has 12 heteroatoms. The summed E-state index contributed by atoms with van der Waals surface area (Å²) in [6.45, 7) is 11.2. The second-order valence-electron chi connectivity index (χ2n) is 14.5. The Morgan fingerprint density at radius 2 is 0.611 bits per heavy atom. The first-order chi connectivity index (χ1) is 26.2. The smallest absolute Gasteiger partial charge is 0.166 e. The number of benzene rings is 3. The number of halogens is 3. The molecule has 54 heavy (non-hydrogen) atoms. The first-order valence-corrected chi connectivity index (χ1v) is 19.8. The molecular formula is C42H48Cl3N9. The zero-order chi connectivity index (χ0) is 37.6. The van der Waals surface area contributed by atoms with Crippen molar-refractivity contribution in [3.05, 3.63) is 141 Å². The number of rotatable bonds is 9. The monoisotopic (exact) mass is 783 g/mol. The van der Waals surface area contributed by atoms with Gasteiger partial charge in [0.05, 0.1) is 0 Å². The van der Waals surface area contributed by atoms with Crippen LogP contribution in [-0.4, -0.2) is 144 Å². The minimum Gasteiger partial charge on any atom is -0.374 e. The highest BCUT2D eigenvalue weighted by Crippen LogP contribution is 2.31. The molecule has 0 saturated carbocycles. The molecule has 4 aromatic rings. The van der Waals surface area contributed by atoms with Gasteiger partial charge < -0.3 is 29.4 Å². The van der Waals surface area contributed by atoms with Crippen LogP contribution in [0.5, 0.6) is 0 Å². The molecule has 0 unspecified atom stereocenters. The highest BCUT2D eigenvalue weighted by atomic mass is 35.5. The predicted molar refractivity (Wildman–Crippen MR) is 223 cm³/mol. The number of aromatic nitrogens is 3. The Kier molecular flexibility index (Phi) is 12.5. The first kappa shape index (κ1) is 38.3. The van der Waals surface area contributed by atoms with Crippen molar-refractivity contribution in [2.75, 3.05) is 99.7 Å². The maximum absolute atomic E-state index is 6.44. The van der Waals surface area contributed by atoms with Gasteiger partial charge in [-0.3, -0.25) is 0 Å². The fraction of sp³-hybridized carbons (Fsp3) is 0.357. The third-order valence-corrected chi connectivity index (χ3v) is 11.1. The molecule has 3 aliphatic rings. The van der Waals surface area contributed by atoms with Crippen molar-refractivity contribution in [2.45, 2.75) is 0 Å². The zero-order valence-corrected chi connectivity index (χ0v) is 33.6. The molecule has 282 valence electrons. The topological polar surface area (TPSA) is 58.1 Å². The average Bonchev–Trinajstić information content (AvgIpc) is 3.18. The molecule has 0 aliphatic carbocycles. The molecular weight excluding hydrogens is 737 g/mol. The van der Waals surface area contributed by atoms with Gasteiger partial charge in [0, 0.05) is 129 Å². The highest BCUT2D eigenvalue weighted by molar-refractivity contribution is 6.31. The third kappa shape index (κ3) is 9.82. The second-order valence-corrected chi connectivity index (χ2v) is 15.8. The van der Waals surface area contributed by atoms with Crippen LogP contribution in [0.2, 0.25) is 15.1 Å². The Morgan fingerprint density at radius 3 is 0.833 bits per heavy atom. The van der Waals surface area contributed by atoms with E-state index in [1.165, 1.54) is 0 Å². The predicted octanol–water partition coefficient (Wildman–Crippen LogP) is 6.74. The van der Waals surface area contributed by atoms with Crippen LogP contribution in [0.1, 0.15) is 34.2 Å². The molecule has 1 aromatic heterocycles. The second kappa shape index (κ2) is 17.7. The summed E-state index contributed by atoms with van der Waals surface area (Å²) in [5.74, 6) is 1.77. The normalized spacial score (nSPS) is 18.8. The first-order valence-electron chi connectivity index (χ1n) is 18.6. The van der Waals surface area contributed by atoms with E-state index in [1.807, 2.05) is 72.8 Å². The molecule has 4 heterocycles. The SMILES string of the molecule is CN1CCN(/C=C(\c2ccc(Cl)cc2)c2nc(/C(=C/N3CCN(C)CC3)c3ccc(Cl)cc3)nc(/C(=C/N3CCN(C)CC3)c3ccc(Cl)cc3)n2)CC1. The van der Waals surface area contributed by atoms with Crippen LogP contribution in [-0.2, 0) is 0 Å². The molecule has 0 amide bonds. The van der Waals surface area contributed by atoms with Gasteiger partial charge in [0.15, 0.2) is 17.5 Å². The largest absolute Gasteiger partial charge is 0.374 e. The summed E-state index contributed by atoms with van der Waals surface area (Å²) in [4.78, 5) is 30.3. The maximum atomic E-state index is 6.44. The van der Waals surface area contributed by atoms with Crippen LogP contribution in [0.4, 0.5) is 0 Å². The third-order valence-electron chi connectivity index (χ3n) is 10.4. The maximum Gasteiger partial charge on any atom is 0.166 e. The van der Waals surface area contributed by atoms with Crippen molar-refractivity contribution < 1.29 is 0 Å². The quantitative estimate of drug-likeness (QED) is 0.184. The Bertz CT molecular complexity index is 1720. The van der Waals surface area contributed by atoms with Gasteiger partial charge in [0.25, 0.3) is 0 Å². The molecule has 0 radical (unpaired) electrons. The van der Waals surface area contributed by atoms with Crippen LogP contribution < -0.4 is 0 Å². The molecule has 0 bridgehead atoms. The standard InChI is InChI=1S/C42H48Cl3N9/c1-49-16-22-52(23-17-49)28-37(31-4-10-34(43)11-5-31)40-46-41(38(32-6-12-35(44)13-7-32)29-53-24-18-50(2)19-25-53)48-42(47-40)39(33-8-14-36(45)15-9-33)30-54-26-20-51(3)21-27-54/h4-15,28-30H,16-27H2,1-3H3/b37-28+,38-29+,39-30+. The van der Waals surface area contributed by atoms with Crippen LogP contribution in [0.25, 0.3) is 16.7 Å². The number of hydrogen-bond donors (Lipinski definition) is 0. The molecule has 3 fully saturated rings. The lowest BCUT2D eigenvalue weighted by Gasteiger charge is -2.32. The number of likely N-dealkylation sites (N-methyl/N-ethyl adjacent to an activating group) is 3. The Hall–Kier alpha value is -3.96. The van der Waals surface area contributed by atoms with Crippen LogP contribution in [0, 0.1) is 0 Å². The van der Waals surface area contributed by atoms with Gasteiger partial charge in [0.1, 0.15) is 0 Å². The molecule has 0 N–H and O–H groups in total. The minimum absolute atomic E-state index is 0.590. The van der Waals surface area contributed by atoms with Crippen molar-refractivity contribution >= 4 is 51.5 Å². The summed E-state index contributed by atoms with van der Waals surface area (Å²) in [5.41, 5.74) is 5.67. The highest BCUT2D eigenvalue weighted by Gasteiger charge is 2.23. The number of piperazine rings is 3. The zero-order valence-electron chi connectivity index (χ0n) is 31.3. The fourth-order valence-electron chi connectivity index (χ4n) is 6.81. The summed E-state index contributed by atoms with van der Waals surface area (Å²) < 4.78 is 0. The lowest BCUT2D eigenvalue weighted by molar-refractivity contribution is 0.199. The van der Waals surface area contributed by atoms with E-state index >= 15 is 0 Å². The van der Waals surface area contributed by atoms with E-state index in [9.17, 15) is 0 Å². The van der Waals surface area contributed by atoms with Crippen molar-refractivity contribution in [3.63, 3.8) is 0 Å². The van der Waals surface area contributed by atoms with Crippen molar-refractivity contribution in [2.24, 2.45) is 0 Å².